The topological polar surface area (TPSA) is 180 Å². The van der Waals surface area contributed by atoms with Crippen LogP contribution < -0.4 is 0 Å². The molecule has 2 rings (SSSR count). The molecule has 2 saturated heterocycles. The first kappa shape index (κ1) is 19.3. The molecule has 8 N–H and O–H groups in total. The van der Waals surface area contributed by atoms with E-state index in [1.807, 2.05) is 0 Å². The van der Waals surface area contributed by atoms with E-state index in [-0.39, 0.29) is 0 Å². The summed E-state index contributed by atoms with van der Waals surface area (Å²) in [6, 6.07) is 0. The van der Waals surface area contributed by atoms with E-state index in [0.29, 0.717) is 11.8 Å². The second-order valence-corrected chi connectivity index (χ2v) is 6.73. The van der Waals surface area contributed by atoms with Gasteiger partial charge in [0.25, 0.3) is 0 Å². The van der Waals surface area contributed by atoms with Crippen molar-refractivity contribution in [2.24, 2.45) is 0 Å². The fourth-order valence-corrected chi connectivity index (χ4v) is 3.81. The third kappa shape index (κ3) is 3.80. The molecule has 0 spiro atoms. The van der Waals surface area contributed by atoms with Crippen molar-refractivity contribution in [2.75, 3.05) is 13.2 Å². The van der Waals surface area contributed by atoms with Crippen molar-refractivity contribution in [3.05, 3.63) is 0 Å². The van der Waals surface area contributed by atoms with Gasteiger partial charge < -0.3 is 50.3 Å². The highest BCUT2D eigenvalue weighted by atomic mass is 32.2. The predicted octanol–water partition coefficient (Wildman–Crippen LogP) is -4.68. The highest BCUT2D eigenvalue weighted by Crippen LogP contribution is 2.36. The molecule has 2 aliphatic heterocycles. The molecule has 0 radical (unpaired) electrons. The molecule has 8 unspecified atom stereocenters. The van der Waals surface area contributed by atoms with Crippen molar-refractivity contribution in [2.45, 2.75) is 59.7 Å². The van der Waals surface area contributed by atoms with Crippen molar-refractivity contribution in [3.63, 3.8) is 0 Å². The standard InChI is InChI=1S/C12H22O10S/c13-1-3-5(15)7(17)9(19)11(21-3)23-12-10(20)8(18)6(16)4(2-14)22-12/h3-20H,1-2H2/t3?,4?,5-,6?,7?,8-,9?,10?,11?,12?/m0/s1. The fraction of sp³-hybridized carbons (Fsp3) is 1.00. The van der Waals surface area contributed by atoms with Gasteiger partial charge in [-0.15, -0.1) is 0 Å². The second kappa shape index (κ2) is 7.89. The summed E-state index contributed by atoms with van der Waals surface area (Å²) in [4.78, 5) is 0. The van der Waals surface area contributed by atoms with Gasteiger partial charge in [-0.2, -0.15) is 0 Å². The van der Waals surface area contributed by atoms with Gasteiger partial charge in [-0.25, -0.2) is 0 Å². The van der Waals surface area contributed by atoms with Gasteiger partial charge in [0.15, 0.2) is 0 Å². The summed E-state index contributed by atoms with van der Waals surface area (Å²) in [5.41, 5.74) is -2.35. The van der Waals surface area contributed by atoms with E-state index in [1.165, 1.54) is 0 Å². The molecule has 2 aliphatic rings. The average Bonchev–Trinajstić information content (AvgIpc) is 2.55. The molecule has 136 valence electrons. The van der Waals surface area contributed by atoms with E-state index in [1.54, 1.807) is 0 Å². The number of hydrogen-bond donors (Lipinski definition) is 8. The van der Waals surface area contributed by atoms with E-state index in [0.717, 1.165) is 0 Å². The van der Waals surface area contributed by atoms with Crippen LogP contribution in [-0.4, -0.2) is 114 Å². The Hall–Kier alpha value is -0.0500. The fourth-order valence-electron chi connectivity index (χ4n) is 2.49. The molecule has 10 atom stereocenters. The molecule has 10 nitrogen and oxygen atoms in total. The molecular weight excluding hydrogens is 336 g/mol. The summed E-state index contributed by atoms with van der Waals surface area (Å²) in [6.07, 6.45) is -11.5. The molecule has 2 heterocycles. The first-order chi connectivity index (χ1) is 10.8. The van der Waals surface area contributed by atoms with E-state index in [2.05, 4.69) is 0 Å². The Kier molecular flexibility index (Phi) is 6.61. The maximum absolute atomic E-state index is 9.94. The van der Waals surface area contributed by atoms with Gasteiger partial charge in [0.2, 0.25) is 0 Å². The monoisotopic (exact) mass is 358 g/mol. The summed E-state index contributed by atoms with van der Waals surface area (Å²) in [7, 11) is 0. The molecule has 0 aromatic rings. The minimum Gasteiger partial charge on any atom is -0.394 e. The molecule has 0 aliphatic carbocycles. The van der Waals surface area contributed by atoms with Gasteiger partial charge >= 0.3 is 0 Å². The van der Waals surface area contributed by atoms with Crippen molar-refractivity contribution in [1.82, 2.24) is 0 Å². The number of hydrogen-bond acceptors (Lipinski definition) is 11. The largest absolute Gasteiger partial charge is 0.394 e. The molecule has 2 fully saturated rings. The number of thioether (sulfide) groups is 1. The minimum absolute atomic E-state index is 0.601. The van der Waals surface area contributed by atoms with Crippen LogP contribution in [0.4, 0.5) is 0 Å². The lowest BCUT2D eigenvalue weighted by Gasteiger charge is -2.44. The number of aliphatic hydroxyl groups is 8. The van der Waals surface area contributed by atoms with E-state index in [4.69, 9.17) is 19.7 Å². The van der Waals surface area contributed by atoms with Crippen molar-refractivity contribution in [1.29, 1.82) is 0 Å². The predicted molar refractivity (Wildman–Crippen MR) is 75.1 cm³/mol. The minimum atomic E-state index is -1.58. The lowest BCUT2D eigenvalue weighted by atomic mass is 10.0. The maximum atomic E-state index is 9.94. The average molecular weight is 358 g/mol. The van der Waals surface area contributed by atoms with Gasteiger partial charge in [0, 0.05) is 0 Å². The maximum Gasteiger partial charge on any atom is 0.134 e. The quantitative estimate of drug-likeness (QED) is 0.242. The van der Waals surface area contributed by atoms with Gasteiger partial charge in [-0.3, -0.25) is 0 Å². The zero-order valence-corrected chi connectivity index (χ0v) is 12.8. The summed E-state index contributed by atoms with van der Waals surface area (Å²) >= 11 is 0.699. The smallest absolute Gasteiger partial charge is 0.134 e. The second-order valence-electron chi connectivity index (χ2n) is 5.53. The Morgan fingerprint density at radius 3 is 1.22 bits per heavy atom. The lowest BCUT2D eigenvalue weighted by molar-refractivity contribution is -0.214. The zero-order chi connectivity index (χ0) is 17.3. The van der Waals surface area contributed by atoms with Crippen LogP contribution in [0.1, 0.15) is 0 Å². The van der Waals surface area contributed by atoms with Gasteiger partial charge in [-0.05, 0) is 0 Å². The summed E-state index contributed by atoms with van der Waals surface area (Å²) in [5, 5.41) is 77.0. The van der Waals surface area contributed by atoms with Gasteiger partial charge in [0.1, 0.15) is 59.7 Å². The van der Waals surface area contributed by atoms with Crippen LogP contribution in [0, 0.1) is 0 Å². The number of ether oxygens (including phenoxy) is 2. The van der Waals surface area contributed by atoms with Crippen LogP contribution >= 0.6 is 11.8 Å². The Bertz CT molecular complexity index is 349. The highest BCUT2D eigenvalue weighted by Gasteiger charge is 2.49. The van der Waals surface area contributed by atoms with Crippen LogP contribution in [0.5, 0.6) is 0 Å². The van der Waals surface area contributed by atoms with Crippen molar-refractivity contribution < 1.29 is 50.3 Å². The summed E-state index contributed by atoms with van der Waals surface area (Å²) < 4.78 is 10.5. The van der Waals surface area contributed by atoms with E-state index >= 15 is 0 Å². The normalized spacial score (nSPS) is 51.7. The van der Waals surface area contributed by atoms with E-state index < -0.39 is 72.9 Å². The van der Waals surface area contributed by atoms with Crippen LogP contribution in [0.25, 0.3) is 0 Å². The molecule has 23 heavy (non-hydrogen) atoms. The van der Waals surface area contributed by atoms with Crippen LogP contribution in [0.2, 0.25) is 0 Å². The third-order valence-electron chi connectivity index (χ3n) is 3.97. The van der Waals surface area contributed by atoms with Crippen molar-refractivity contribution >= 4 is 11.8 Å². The Morgan fingerprint density at radius 2 is 0.913 bits per heavy atom. The molecular formula is C12H22O10S. The molecule has 0 amide bonds. The highest BCUT2D eigenvalue weighted by molar-refractivity contribution is 8.00. The molecule has 0 bridgehead atoms. The molecule has 0 aromatic carbocycles. The first-order valence-electron chi connectivity index (χ1n) is 7.08. The van der Waals surface area contributed by atoms with Gasteiger partial charge in [0.05, 0.1) is 13.2 Å². The Balaban J connectivity index is 2.07. The zero-order valence-electron chi connectivity index (χ0n) is 12.0. The Labute approximate surface area is 135 Å². The lowest BCUT2D eigenvalue weighted by Crippen LogP contribution is -2.60. The third-order valence-corrected chi connectivity index (χ3v) is 5.28. The van der Waals surface area contributed by atoms with Gasteiger partial charge in [-0.1, -0.05) is 11.8 Å². The number of rotatable bonds is 4. The van der Waals surface area contributed by atoms with E-state index in [9.17, 15) is 30.6 Å². The van der Waals surface area contributed by atoms with Crippen LogP contribution in [0.15, 0.2) is 0 Å². The SMILES string of the molecule is OCC1OC(SC2OC(CO)[C@H](O)C(O)C2O)C(O)[C@@H](O)C1O. The first-order valence-corrected chi connectivity index (χ1v) is 8.02. The number of aliphatic hydroxyl groups excluding tert-OH is 8. The van der Waals surface area contributed by atoms with Crippen molar-refractivity contribution in [3.8, 4) is 0 Å². The van der Waals surface area contributed by atoms with Crippen LogP contribution in [0.3, 0.4) is 0 Å². The van der Waals surface area contributed by atoms with Crippen LogP contribution in [-0.2, 0) is 9.47 Å². The molecule has 0 aromatic heterocycles. The summed E-state index contributed by atoms with van der Waals surface area (Å²) in [5.74, 6) is 0. The Morgan fingerprint density at radius 1 is 0.565 bits per heavy atom. The molecule has 11 heteroatoms. The summed E-state index contributed by atoms with van der Waals surface area (Å²) in [6.45, 7) is -1.20. The molecule has 0 saturated carbocycles.